The summed E-state index contributed by atoms with van der Waals surface area (Å²) in [6.07, 6.45) is 4.05. The van der Waals surface area contributed by atoms with Crippen molar-refractivity contribution < 1.29 is 24.2 Å². The number of methoxy groups -OCH3 is 1. The largest absolute Gasteiger partial charge is 0.496 e. The summed E-state index contributed by atoms with van der Waals surface area (Å²) in [5.41, 5.74) is 0.0337. The average Bonchev–Trinajstić information content (AvgIpc) is 3.10. The average molecular weight is 361 g/mol. The summed E-state index contributed by atoms with van der Waals surface area (Å²) >= 11 is 0. The molecule has 1 unspecified atom stereocenters. The third-order valence-corrected chi connectivity index (χ3v) is 5.61. The molecule has 142 valence electrons. The van der Waals surface area contributed by atoms with E-state index in [1.807, 2.05) is 24.3 Å². The molecule has 2 fully saturated rings. The fourth-order valence-electron chi connectivity index (χ4n) is 3.80. The van der Waals surface area contributed by atoms with Crippen molar-refractivity contribution in [2.45, 2.75) is 51.2 Å². The standard InChI is InChI=1S/C20H27NO5/c1-25-17-8-3-2-6-15(17)13-21(14-16-7-4-11-26-16)18(22)12-20(19(23)24)9-5-10-20/h2-3,6,8,16H,4-5,7,9-14H2,1H3,(H,23,24). The van der Waals surface area contributed by atoms with E-state index in [0.29, 0.717) is 25.9 Å². The number of aliphatic carboxylic acids is 1. The fraction of sp³-hybridized carbons (Fsp3) is 0.600. The molecule has 0 bridgehead atoms. The lowest BCUT2D eigenvalue weighted by Gasteiger charge is -2.38. The first-order valence-corrected chi connectivity index (χ1v) is 9.29. The van der Waals surface area contributed by atoms with Crippen LogP contribution in [-0.4, -0.2) is 48.2 Å². The molecular weight excluding hydrogens is 334 g/mol. The number of rotatable bonds is 8. The molecule has 0 aromatic heterocycles. The molecule has 2 aliphatic rings. The van der Waals surface area contributed by atoms with Gasteiger partial charge in [0.1, 0.15) is 5.75 Å². The highest BCUT2D eigenvalue weighted by Crippen LogP contribution is 2.44. The number of carbonyl (C=O) groups is 2. The van der Waals surface area contributed by atoms with Crippen LogP contribution >= 0.6 is 0 Å². The Balaban J connectivity index is 1.75. The zero-order valence-electron chi connectivity index (χ0n) is 15.3. The summed E-state index contributed by atoms with van der Waals surface area (Å²) < 4.78 is 11.1. The van der Waals surface area contributed by atoms with Gasteiger partial charge in [-0.05, 0) is 31.7 Å². The molecule has 0 radical (unpaired) electrons. The lowest BCUT2D eigenvalue weighted by molar-refractivity contribution is -0.160. The molecule has 1 aliphatic heterocycles. The smallest absolute Gasteiger partial charge is 0.310 e. The highest BCUT2D eigenvalue weighted by Gasteiger charge is 2.46. The van der Waals surface area contributed by atoms with Crippen molar-refractivity contribution in [3.05, 3.63) is 29.8 Å². The third kappa shape index (κ3) is 4.01. The van der Waals surface area contributed by atoms with E-state index >= 15 is 0 Å². The second kappa shape index (κ2) is 8.08. The Morgan fingerprint density at radius 2 is 2.08 bits per heavy atom. The Labute approximate surface area is 154 Å². The minimum atomic E-state index is -0.882. The maximum Gasteiger partial charge on any atom is 0.310 e. The molecule has 1 aliphatic carbocycles. The maximum atomic E-state index is 13.0. The Morgan fingerprint density at radius 1 is 1.31 bits per heavy atom. The number of hydrogen-bond donors (Lipinski definition) is 1. The monoisotopic (exact) mass is 361 g/mol. The Bertz CT molecular complexity index is 649. The van der Waals surface area contributed by atoms with E-state index in [1.165, 1.54) is 0 Å². The number of carboxylic acids is 1. The van der Waals surface area contributed by atoms with E-state index in [-0.39, 0.29) is 18.4 Å². The molecule has 1 amide bonds. The predicted octanol–water partition coefficient (Wildman–Crippen LogP) is 2.85. The van der Waals surface area contributed by atoms with Gasteiger partial charge in [0.25, 0.3) is 0 Å². The van der Waals surface area contributed by atoms with Crippen LogP contribution in [0.3, 0.4) is 0 Å². The minimum Gasteiger partial charge on any atom is -0.496 e. The first-order chi connectivity index (χ1) is 12.5. The van der Waals surface area contributed by atoms with Gasteiger partial charge in [-0.15, -0.1) is 0 Å². The summed E-state index contributed by atoms with van der Waals surface area (Å²) in [6, 6.07) is 7.61. The first kappa shape index (κ1) is 18.7. The molecule has 1 atom stereocenters. The van der Waals surface area contributed by atoms with Crippen LogP contribution in [0.15, 0.2) is 24.3 Å². The number of carboxylic acid groups (broad SMARTS) is 1. The van der Waals surface area contributed by atoms with Crippen LogP contribution in [0.5, 0.6) is 5.75 Å². The molecule has 1 aromatic carbocycles. The summed E-state index contributed by atoms with van der Waals surface area (Å²) in [7, 11) is 1.61. The normalized spacial score (nSPS) is 21.0. The van der Waals surface area contributed by atoms with Crippen molar-refractivity contribution in [1.82, 2.24) is 4.90 Å². The van der Waals surface area contributed by atoms with E-state index in [1.54, 1.807) is 12.0 Å². The van der Waals surface area contributed by atoms with Crippen LogP contribution in [0.1, 0.15) is 44.1 Å². The van der Waals surface area contributed by atoms with Crippen LogP contribution in [0, 0.1) is 5.41 Å². The quantitative estimate of drug-likeness (QED) is 0.770. The molecule has 1 saturated heterocycles. The van der Waals surface area contributed by atoms with Gasteiger partial charge in [-0.1, -0.05) is 24.6 Å². The van der Waals surface area contributed by atoms with Crippen molar-refractivity contribution in [1.29, 1.82) is 0 Å². The maximum absolute atomic E-state index is 13.0. The summed E-state index contributed by atoms with van der Waals surface area (Å²) in [5.74, 6) is -0.241. The third-order valence-electron chi connectivity index (χ3n) is 5.61. The van der Waals surface area contributed by atoms with Crippen molar-refractivity contribution in [3.8, 4) is 5.75 Å². The molecule has 1 heterocycles. The zero-order chi connectivity index (χ0) is 18.6. The van der Waals surface area contributed by atoms with Crippen LogP contribution < -0.4 is 4.74 Å². The van der Waals surface area contributed by atoms with E-state index in [2.05, 4.69) is 0 Å². The van der Waals surface area contributed by atoms with Crippen LogP contribution in [0.25, 0.3) is 0 Å². The molecule has 3 rings (SSSR count). The molecule has 26 heavy (non-hydrogen) atoms. The SMILES string of the molecule is COc1ccccc1CN(CC1CCCO1)C(=O)CC1(C(=O)O)CCC1. The van der Waals surface area contributed by atoms with Gasteiger partial charge in [-0.2, -0.15) is 0 Å². The number of nitrogens with zero attached hydrogens (tertiary/aromatic N) is 1. The van der Waals surface area contributed by atoms with Gasteiger partial charge in [-0.25, -0.2) is 0 Å². The summed E-state index contributed by atoms with van der Waals surface area (Å²) in [6.45, 7) is 1.62. The number of amides is 1. The predicted molar refractivity (Wildman–Crippen MR) is 95.9 cm³/mol. The lowest BCUT2D eigenvalue weighted by Crippen LogP contribution is -2.45. The molecule has 6 nitrogen and oxygen atoms in total. The number of hydrogen-bond acceptors (Lipinski definition) is 4. The zero-order valence-corrected chi connectivity index (χ0v) is 15.3. The Hall–Kier alpha value is -2.08. The topological polar surface area (TPSA) is 76.1 Å². The van der Waals surface area contributed by atoms with Gasteiger partial charge < -0.3 is 19.5 Å². The summed E-state index contributed by atoms with van der Waals surface area (Å²) in [5, 5.41) is 9.56. The number of benzene rings is 1. The van der Waals surface area contributed by atoms with Gasteiger partial charge in [0.15, 0.2) is 0 Å². The number of ether oxygens (including phenoxy) is 2. The van der Waals surface area contributed by atoms with E-state index in [4.69, 9.17) is 9.47 Å². The second-order valence-electron chi connectivity index (χ2n) is 7.34. The van der Waals surface area contributed by atoms with Gasteiger partial charge in [0.05, 0.1) is 18.6 Å². The lowest BCUT2D eigenvalue weighted by atomic mass is 9.66. The van der Waals surface area contributed by atoms with E-state index < -0.39 is 11.4 Å². The molecule has 1 aromatic rings. The number of carbonyl (C=O) groups excluding carboxylic acids is 1. The van der Waals surface area contributed by atoms with Gasteiger partial charge in [0.2, 0.25) is 5.91 Å². The Morgan fingerprint density at radius 3 is 2.65 bits per heavy atom. The van der Waals surface area contributed by atoms with Gasteiger partial charge in [0, 0.05) is 31.7 Å². The van der Waals surface area contributed by atoms with E-state index in [0.717, 1.165) is 37.2 Å². The minimum absolute atomic E-state index is 0.0239. The highest BCUT2D eigenvalue weighted by atomic mass is 16.5. The van der Waals surface area contributed by atoms with Gasteiger partial charge >= 0.3 is 5.97 Å². The van der Waals surface area contributed by atoms with Crippen LogP contribution in [0.2, 0.25) is 0 Å². The van der Waals surface area contributed by atoms with Crippen molar-refractivity contribution >= 4 is 11.9 Å². The first-order valence-electron chi connectivity index (χ1n) is 9.29. The Kier molecular flexibility index (Phi) is 5.81. The van der Waals surface area contributed by atoms with E-state index in [9.17, 15) is 14.7 Å². The fourth-order valence-corrected chi connectivity index (χ4v) is 3.80. The van der Waals surface area contributed by atoms with Gasteiger partial charge in [-0.3, -0.25) is 9.59 Å². The molecule has 1 saturated carbocycles. The molecule has 1 N–H and O–H groups in total. The van der Waals surface area contributed by atoms with Crippen LogP contribution in [-0.2, 0) is 20.9 Å². The molecule has 6 heteroatoms. The summed E-state index contributed by atoms with van der Waals surface area (Å²) in [4.78, 5) is 26.4. The van der Waals surface area contributed by atoms with Crippen molar-refractivity contribution in [2.75, 3.05) is 20.3 Å². The molecular formula is C20H27NO5. The highest BCUT2D eigenvalue weighted by molar-refractivity contribution is 5.85. The van der Waals surface area contributed by atoms with Crippen LogP contribution in [0.4, 0.5) is 0 Å². The molecule has 0 spiro atoms. The van der Waals surface area contributed by atoms with Crippen molar-refractivity contribution in [2.24, 2.45) is 5.41 Å². The van der Waals surface area contributed by atoms with Crippen molar-refractivity contribution in [3.63, 3.8) is 0 Å². The second-order valence-corrected chi connectivity index (χ2v) is 7.34. The number of para-hydroxylation sites is 1.